The van der Waals surface area contributed by atoms with Gasteiger partial charge in [-0.3, -0.25) is 4.79 Å². The van der Waals surface area contributed by atoms with E-state index >= 15 is 0 Å². The molecule has 0 saturated heterocycles. The number of carboxylic acid groups (broad SMARTS) is 1. The van der Waals surface area contributed by atoms with Gasteiger partial charge in [0.2, 0.25) is 0 Å². The topological polar surface area (TPSA) is 123 Å². The van der Waals surface area contributed by atoms with Crippen molar-refractivity contribution in [2.75, 3.05) is 39.5 Å². The van der Waals surface area contributed by atoms with Gasteiger partial charge in [-0.05, 0) is 51.5 Å². The molecular weight excluding hydrogens is 380 g/mol. The Morgan fingerprint density at radius 1 is 0.966 bits per heavy atom. The summed E-state index contributed by atoms with van der Waals surface area (Å²) in [4.78, 5) is 34.4. The van der Waals surface area contributed by atoms with Gasteiger partial charge in [-0.15, -0.1) is 0 Å². The number of carbonyl (C=O) groups is 3. The van der Waals surface area contributed by atoms with E-state index in [0.717, 1.165) is 0 Å². The fraction of sp³-hybridized carbons (Fsp3) is 0.550. The first-order valence-electron chi connectivity index (χ1n) is 9.34. The van der Waals surface area contributed by atoms with E-state index in [4.69, 9.17) is 19.3 Å². The third-order valence-corrected chi connectivity index (χ3v) is 3.54. The van der Waals surface area contributed by atoms with Crippen molar-refractivity contribution in [3.05, 3.63) is 34.9 Å². The number of aryl methyl sites for hydroxylation is 1. The highest BCUT2D eigenvalue weighted by atomic mass is 16.6. The lowest BCUT2D eigenvalue weighted by molar-refractivity contribution is 0.0400. The van der Waals surface area contributed by atoms with E-state index in [1.54, 1.807) is 33.8 Å². The molecular formula is C20H30N2O7. The molecule has 1 rings (SSSR count). The van der Waals surface area contributed by atoms with Crippen LogP contribution in [0, 0.1) is 6.92 Å². The third-order valence-electron chi connectivity index (χ3n) is 3.54. The first kappa shape index (κ1) is 24.4. The van der Waals surface area contributed by atoms with E-state index < -0.39 is 17.7 Å². The largest absolute Gasteiger partial charge is 0.478 e. The molecule has 162 valence electrons. The minimum Gasteiger partial charge on any atom is -0.478 e. The van der Waals surface area contributed by atoms with Crippen LogP contribution in [0.15, 0.2) is 18.2 Å². The Hall–Kier alpha value is -2.65. The zero-order valence-electron chi connectivity index (χ0n) is 17.4. The third kappa shape index (κ3) is 10.5. The Morgan fingerprint density at radius 3 is 2.07 bits per heavy atom. The Bertz CT molecular complexity index is 699. The highest BCUT2D eigenvalue weighted by Crippen LogP contribution is 2.11. The minimum atomic E-state index is -1.02. The monoisotopic (exact) mass is 410 g/mol. The Morgan fingerprint density at radius 2 is 1.55 bits per heavy atom. The van der Waals surface area contributed by atoms with Gasteiger partial charge in [0.1, 0.15) is 5.60 Å². The highest BCUT2D eigenvalue weighted by molar-refractivity contribution is 5.96. The number of carbonyl (C=O) groups excluding carboxylic acids is 2. The second-order valence-electron chi connectivity index (χ2n) is 7.24. The van der Waals surface area contributed by atoms with Crippen molar-refractivity contribution in [3.8, 4) is 0 Å². The number of hydrogen-bond donors (Lipinski definition) is 3. The maximum Gasteiger partial charge on any atom is 0.407 e. The molecule has 0 fully saturated rings. The number of benzene rings is 1. The summed E-state index contributed by atoms with van der Waals surface area (Å²) in [6, 6.07) is 4.43. The van der Waals surface area contributed by atoms with Crippen molar-refractivity contribution in [1.82, 2.24) is 10.6 Å². The quantitative estimate of drug-likeness (QED) is 0.477. The number of amides is 2. The summed E-state index contributed by atoms with van der Waals surface area (Å²) >= 11 is 0. The number of nitrogens with one attached hydrogen (secondary N) is 2. The van der Waals surface area contributed by atoms with Crippen molar-refractivity contribution >= 4 is 18.0 Å². The first-order chi connectivity index (χ1) is 13.6. The van der Waals surface area contributed by atoms with Crippen LogP contribution in [0.25, 0.3) is 0 Å². The van der Waals surface area contributed by atoms with Crippen LogP contribution in [0.1, 0.15) is 47.1 Å². The minimum absolute atomic E-state index is 0.172. The van der Waals surface area contributed by atoms with Crippen molar-refractivity contribution in [2.24, 2.45) is 0 Å². The van der Waals surface area contributed by atoms with E-state index in [9.17, 15) is 14.4 Å². The normalized spacial score (nSPS) is 11.0. The molecule has 29 heavy (non-hydrogen) atoms. The summed E-state index contributed by atoms with van der Waals surface area (Å²) in [6.45, 7) is 9.05. The molecule has 0 bridgehead atoms. The predicted molar refractivity (Wildman–Crippen MR) is 106 cm³/mol. The number of alkyl carbamates (subject to hydrolysis) is 1. The molecule has 0 aromatic heterocycles. The SMILES string of the molecule is Cc1cc(C(=O)NCCOCCOCCNC(=O)OC(C)(C)C)ccc1C(=O)O. The van der Waals surface area contributed by atoms with Crippen LogP contribution in [0.5, 0.6) is 0 Å². The summed E-state index contributed by atoms with van der Waals surface area (Å²) in [6.07, 6.45) is -0.485. The maximum absolute atomic E-state index is 12.0. The smallest absolute Gasteiger partial charge is 0.407 e. The van der Waals surface area contributed by atoms with Gasteiger partial charge < -0.3 is 30.0 Å². The molecule has 1 aromatic carbocycles. The number of hydrogen-bond acceptors (Lipinski definition) is 6. The molecule has 3 N–H and O–H groups in total. The molecule has 0 aliphatic rings. The fourth-order valence-corrected chi connectivity index (χ4v) is 2.25. The van der Waals surface area contributed by atoms with Crippen molar-refractivity contribution in [2.45, 2.75) is 33.3 Å². The van der Waals surface area contributed by atoms with Gasteiger partial charge in [0.25, 0.3) is 5.91 Å². The van der Waals surface area contributed by atoms with Crippen LogP contribution in [-0.4, -0.2) is 68.2 Å². The molecule has 0 spiro atoms. The van der Waals surface area contributed by atoms with E-state index in [1.165, 1.54) is 12.1 Å². The van der Waals surface area contributed by atoms with E-state index in [2.05, 4.69) is 10.6 Å². The Labute approximate surface area is 170 Å². The number of rotatable bonds is 11. The number of carboxylic acids is 1. The van der Waals surface area contributed by atoms with Crippen LogP contribution < -0.4 is 10.6 Å². The summed E-state index contributed by atoms with van der Waals surface area (Å²) in [7, 11) is 0. The van der Waals surface area contributed by atoms with Gasteiger partial charge >= 0.3 is 12.1 Å². The average Bonchev–Trinajstić information content (AvgIpc) is 2.61. The molecule has 0 radical (unpaired) electrons. The van der Waals surface area contributed by atoms with Crippen molar-refractivity contribution < 1.29 is 33.7 Å². The maximum atomic E-state index is 12.0. The second kappa shape index (κ2) is 12.0. The summed E-state index contributed by atoms with van der Waals surface area (Å²) in [5.41, 5.74) is 0.564. The average molecular weight is 410 g/mol. The van der Waals surface area contributed by atoms with Crippen molar-refractivity contribution in [1.29, 1.82) is 0 Å². The van der Waals surface area contributed by atoms with E-state index in [0.29, 0.717) is 50.6 Å². The Kier molecular flexibility index (Phi) is 10.1. The lowest BCUT2D eigenvalue weighted by Gasteiger charge is -2.19. The van der Waals surface area contributed by atoms with Gasteiger partial charge in [0, 0.05) is 18.7 Å². The molecule has 9 heteroatoms. The van der Waals surface area contributed by atoms with Crippen LogP contribution in [0.4, 0.5) is 4.79 Å². The second-order valence-corrected chi connectivity index (χ2v) is 7.24. The highest BCUT2D eigenvalue weighted by Gasteiger charge is 2.15. The van der Waals surface area contributed by atoms with Crippen LogP contribution in [0.3, 0.4) is 0 Å². The molecule has 0 heterocycles. The first-order valence-corrected chi connectivity index (χ1v) is 9.34. The molecule has 0 aliphatic carbocycles. The molecule has 0 unspecified atom stereocenters. The van der Waals surface area contributed by atoms with Crippen molar-refractivity contribution in [3.63, 3.8) is 0 Å². The summed E-state index contributed by atoms with van der Waals surface area (Å²) < 4.78 is 15.8. The standard InChI is InChI=1S/C20H30N2O7/c1-14-13-15(5-6-16(14)18(24)25)17(23)21-7-9-27-11-12-28-10-8-22-19(26)29-20(2,3)4/h5-6,13H,7-12H2,1-4H3,(H,21,23)(H,22,26)(H,24,25). The van der Waals surface area contributed by atoms with Gasteiger partial charge in [0.15, 0.2) is 0 Å². The number of ether oxygens (including phenoxy) is 3. The lowest BCUT2D eigenvalue weighted by atomic mass is 10.0. The molecule has 1 aromatic rings. The van der Waals surface area contributed by atoms with Gasteiger partial charge in [-0.25, -0.2) is 9.59 Å². The van der Waals surface area contributed by atoms with Crippen LogP contribution >= 0.6 is 0 Å². The summed E-state index contributed by atoms with van der Waals surface area (Å²) in [5, 5.41) is 14.3. The molecule has 9 nitrogen and oxygen atoms in total. The molecule has 0 saturated carbocycles. The van der Waals surface area contributed by atoms with Gasteiger partial charge in [-0.1, -0.05) is 0 Å². The lowest BCUT2D eigenvalue weighted by Crippen LogP contribution is -2.34. The number of aromatic carboxylic acids is 1. The molecule has 0 aliphatic heterocycles. The van der Waals surface area contributed by atoms with Gasteiger partial charge in [0.05, 0.1) is 32.0 Å². The molecule has 2 amide bonds. The zero-order valence-corrected chi connectivity index (χ0v) is 17.4. The molecule has 0 atom stereocenters. The Balaban J connectivity index is 2.07. The van der Waals surface area contributed by atoms with Gasteiger partial charge in [-0.2, -0.15) is 0 Å². The van der Waals surface area contributed by atoms with E-state index in [-0.39, 0.29) is 11.5 Å². The van der Waals surface area contributed by atoms with Crippen LogP contribution in [-0.2, 0) is 14.2 Å². The summed E-state index contributed by atoms with van der Waals surface area (Å²) in [5.74, 6) is -1.32. The fourth-order valence-electron chi connectivity index (χ4n) is 2.25. The zero-order chi connectivity index (χ0) is 21.9. The van der Waals surface area contributed by atoms with E-state index in [1.807, 2.05) is 0 Å². The van der Waals surface area contributed by atoms with Crippen LogP contribution in [0.2, 0.25) is 0 Å². The predicted octanol–water partition coefficient (Wildman–Crippen LogP) is 1.98.